The highest BCUT2D eigenvalue weighted by molar-refractivity contribution is 6.05. The number of nitrogens with two attached hydrogens (primary N) is 1. The molecule has 1 aromatic heterocycles. The van der Waals surface area contributed by atoms with Gasteiger partial charge in [0.15, 0.2) is 17.3 Å². The van der Waals surface area contributed by atoms with Crippen LogP contribution in [0.1, 0.15) is 16.1 Å². The van der Waals surface area contributed by atoms with Crippen molar-refractivity contribution in [2.24, 2.45) is 0 Å². The molecule has 3 rings (SSSR count). The number of aromatic nitrogens is 2. The molecule has 0 radical (unpaired) electrons. The van der Waals surface area contributed by atoms with Crippen molar-refractivity contribution < 1.29 is 14.3 Å². The van der Waals surface area contributed by atoms with Crippen LogP contribution in [-0.4, -0.2) is 29.3 Å². The fourth-order valence-corrected chi connectivity index (χ4v) is 1.90. The van der Waals surface area contributed by atoms with Crippen molar-refractivity contribution in [1.82, 2.24) is 10.2 Å². The third-order valence-electron chi connectivity index (χ3n) is 3.03. The van der Waals surface area contributed by atoms with Gasteiger partial charge in [-0.3, -0.25) is 9.89 Å². The van der Waals surface area contributed by atoms with E-state index in [4.69, 9.17) is 15.2 Å². The van der Waals surface area contributed by atoms with Gasteiger partial charge in [0, 0.05) is 5.56 Å². The number of carbonyl (C=O) groups excluding carboxylic acids is 1. The average molecular weight is 274 g/mol. The van der Waals surface area contributed by atoms with Gasteiger partial charge in [0.25, 0.3) is 5.91 Å². The first-order valence-corrected chi connectivity index (χ1v) is 6.16. The van der Waals surface area contributed by atoms with Crippen LogP contribution in [0.5, 0.6) is 11.5 Å². The summed E-state index contributed by atoms with van der Waals surface area (Å²) in [6.45, 7) is 2.77. The number of hydrogen-bond acceptors (Lipinski definition) is 5. The maximum absolute atomic E-state index is 12.1. The molecule has 1 aromatic carbocycles. The van der Waals surface area contributed by atoms with Gasteiger partial charge in [0.2, 0.25) is 0 Å². The van der Waals surface area contributed by atoms with Crippen molar-refractivity contribution >= 4 is 17.4 Å². The Bertz CT molecular complexity index is 666. The number of nitrogens with zero attached hydrogens (tertiary/aromatic N) is 1. The molecule has 0 saturated heterocycles. The van der Waals surface area contributed by atoms with E-state index in [9.17, 15) is 4.79 Å². The summed E-state index contributed by atoms with van der Waals surface area (Å²) in [5.41, 5.74) is 7.38. The molecule has 20 heavy (non-hydrogen) atoms. The maximum atomic E-state index is 12.1. The Labute approximate surface area is 115 Å². The third-order valence-corrected chi connectivity index (χ3v) is 3.03. The number of H-pyrrole nitrogens is 1. The number of nitrogens with one attached hydrogen (secondary N) is 2. The first kappa shape index (κ1) is 12.3. The number of hydrogen-bond donors (Lipinski definition) is 3. The number of aromatic amines is 1. The number of rotatable bonds is 2. The Morgan fingerprint density at radius 2 is 2.10 bits per heavy atom. The van der Waals surface area contributed by atoms with Crippen LogP contribution in [0.15, 0.2) is 18.2 Å². The SMILES string of the molecule is Cc1[nH]nc(NC(=O)c2ccc3c(c2)OCCO3)c1N. The molecule has 0 unspecified atom stereocenters. The lowest BCUT2D eigenvalue weighted by Gasteiger charge is -2.18. The number of fused-ring (bicyclic) bond motifs is 1. The highest BCUT2D eigenvalue weighted by atomic mass is 16.6. The van der Waals surface area contributed by atoms with Crippen molar-refractivity contribution in [3.8, 4) is 11.5 Å². The van der Waals surface area contributed by atoms with Crippen LogP contribution in [0.2, 0.25) is 0 Å². The topological polar surface area (TPSA) is 102 Å². The summed E-state index contributed by atoms with van der Waals surface area (Å²) in [4.78, 5) is 12.1. The van der Waals surface area contributed by atoms with Gasteiger partial charge in [-0.2, -0.15) is 5.10 Å². The summed E-state index contributed by atoms with van der Waals surface area (Å²) >= 11 is 0. The molecule has 0 aliphatic carbocycles. The molecule has 7 nitrogen and oxygen atoms in total. The molecule has 1 aliphatic heterocycles. The van der Waals surface area contributed by atoms with Gasteiger partial charge in [-0.15, -0.1) is 0 Å². The minimum absolute atomic E-state index is 0.305. The molecule has 2 aromatic rings. The minimum Gasteiger partial charge on any atom is -0.486 e. The number of aryl methyl sites for hydroxylation is 1. The first-order valence-electron chi connectivity index (χ1n) is 6.16. The van der Waals surface area contributed by atoms with Gasteiger partial charge in [-0.05, 0) is 25.1 Å². The normalized spacial score (nSPS) is 13.1. The summed E-state index contributed by atoms with van der Waals surface area (Å²) in [6, 6.07) is 5.01. The van der Waals surface area contributed by atoms with E-state index in [2.05, 4.69) is 15.5 Å². The van der Waals surface area contributed by atoms with E-state index in [-0.39, 0.29) is 5.91 Å². The summed E-state index contributed by atoms with van der Waals surface area (Å²) in [5.74, 6) is 1.22. The summed E-state index contributed by atoms with van der Waals surface area (Å²) in [5, 5.41) is 9.29. The van der Waals surface area contributed by atoms with Crippen LogP contribution in [0, 0.1) is 6.92 Å². The highest BCUT2D eigenvalue weighted by Gasteiger charge is 2.16. The molecule has 0 fully saturated rings. The zero-order chi connectivity index (χ0) is 14.1. The number of ether oxygens (including phenoxy) is 2. The molecule has 1 amide bonds. The van der Waals surface area contributed by atoms with E-state index in [0.717, 1.165) is 0 Å². The van der Waals surface area contributed by atoms with Crippen molar-refractivity contribution in [1.29, 1.82) is 0 Å². The van der Waals surface area contributed by atoms with E-state index >= 15 is 0 Å². The highest BCUT2D eigenvalue weighted by Crippen LogP contribution is 2.31. The van der Waals surface area contributed by atoms with Crippen molar-refractivity contribution in [3.63, 3.8) is 0 Å². The van der Waals surface area contributed by atoms with E-state index < -0.39 is 0 Å². The zero-order valence-corrected chi connectivity index (χ0v) is 10.9. The summed E-state index contributed by atoms with van der Waals surface area (Å²) in [7, 11) is 0. The van der Waals surface area contributed by atoms with Gasteiger partial charge in [-0.1, -0.05) is 0 Å². The van der Waals surface area contributed by atoms with Gasteiger partial charge < -0.3 is 20.5 Å². The zero-order valence-electron chi connectivity index (χ0n) is 10.9. The fraction of sp³-hybridized carbons (Fsp3) is 0.231. The standard InChI is InChI=1S/C13H14N4O3/c1-7-11(14)12(17-16-7)15-13(18)8-2-3-9-10(6-8)20-5-4-19-9/h2-3,6H,4-5,14H2,1H3,(H2,15,16,17,18). The molecule has 2 heterocycles. The maximum Gasteiger partial charge on any atom is 0.257 e. The second-order valence-electron chi connectivity index (χ2n) is 4.42. The van der Waals surface area contributed by atoms with Crippen LogP contribution in [0.25, 0.3) is 0 Å². The summed E-state index contributed by atoms with van der Waals surface area (Å²) < 4.78 is 10.8. The molecule has 7 heteroatoms. The Kier molecular flexibility index (Phi) is 2.94. The quantitative estimate of drug-likeness (QED) is 0.766. The van der Waals surface area contributed by atoms with Gasteiger partial charge in [0.1, 0.15) is 13.2 Å². The van der Waals surface area contributed by atoms with Crippen LogP contribution in [0.4, 0.5) is 11.5 Å². The predicted octanol–water partition coefficient (Wildman–Crippen LogP) is 1.32. The molecule has 4 N–H and O–H groups in total. The molecular weight excluding hydrogens is 260 g/mol. The number of anilines is 2. The number of benzene rings is 1. The first-order chi connectivity index (χ1) is 9.65. The van der Waals surface area contributed by atoms with Crippen LogP contribution in [0.3, 0.4) is 0 Å². The molecule has 104 valence electrons. The molecule has 0 spiro atoms. The van der Waals surface area contributed by atoms with Crippen LogP contribution >= 0.6 is 0 Å². The summed E-state index contributed by atoms with van der Waals surface area (Å²) in [6.07, 6.45) is 0. The lowest BCUT2D eigenvalue weighted by molar-refractivity contribution is 0.102. The average Bonchev–Trinajstić information content (AvgIpc) is 2.78. The van der Waals surface area contributed by atoms with Crippen LogP contribution < -0.4 is 20.5 Å². The van der Waals surface area contributed by atoms with E-state index in [1.807, 2.05) is 0 Å². The van der Waals surface area contributed by atoms with E-state index in [1.165, 1.54) is 0 Å². The lowest BCUT2D eigenvalue weighted by Crippen LogP contribution is -2.17. The van der Waals surface area contributed by atoms with E-state index in [0.29, 0.717) is 47.5 Å². The van der Waals surface area contributed by atoms with Crippen molar-refractivity contribution in [2.45, 2.75) is 6.92 Å². The Morgan fingerprint density at radius 3 is 2.80 bits per heavy atom. The third kappa shape index (κ3) is 2.13. The number of carbonyl (C=O) groups is 1. The Balaban J connectivity index is 1.82. The molecule has 0 bridgehead atoms. The monoisotopic (exact) mass is 274 g/mol. The van der Waals surface area contributed by atoms with Crippen molar-refractivity contribution in [3.05, 3.63) is 29.5 Å². The van der Waals surface area contributed by atoms with Crippen LogP contribution in [-0.2, 0) is 0 Å². The van der Waals surface area contributed by atoms with Crippen molar-refractivity contribution in [2.75, 3.05) is 24.3 Å². The fourth-order valence-electron chi connectivity index (χ4n) is 1.90. The second kappa shape index (κ2) is 4.76. The Hall–Kier alpha value is -2.70. The molecular formula is C13H14N4O3. The molecule has 0 saturated carbocycles. The molecule has 0 atom stereocenters. The molecule has 1 aliphatic rings. The number of nitrogen functional groups attached to an aromatic ring is 1. The number of amides is 1. The smallest absolute Gasteiger partial charge is 0.257 e. The van der Waals surface area contributed by atoms with Gasteiger partial charge in [0.05, 0.1) is 11.4 Å². The largest absolute Gasteiger partial charge is 0.486 e. The van der Waals surface area contributed by atoms with Gasteiger partial charge >= 0.3 is 0 Å². The predicted molar refractivity (Wildman–Crippen MR) is 73.1 cm³/mol. The van der Waals surface area contributed by atoms with E-state index in [1.54, 1.807) is 25.1 Å². The lowest BCUT2D eigenvalue weighted by atomic mass is 10.2. The minimum atomic E-state index is -0.305. The second-order valence-corrected chi connectivity index (χ2v) is 4.42. The van der Waals surface area contributed by atoms with Gasteiger partial charge in [-0.25, -0.2) is 0 Å². The Morgan fingerprint density at radius 1 is 1.35 bits per heavy atom.